The number of aryl methyl sites for hydroxylation is 1. The van der Waals surface area contributed by atoms with Crippen LogP contribution in [0.15, 0.2) is 30.3 Å². The lowest BCUT2D eigenvalue weighted by atomic mass is 9.75. The summed E-state index contributed by atoms with van der Waals surface area (Å²) in [4.78, 5) is 12.5. The number of benzene rings is 1. The van der Waals surface area contributed by atoms with Crippen molar-refractivity contribution >= 4 is 13.4 Å². The number of ketones is 1. The van der Waals surface area contributed by atoms with Gasteiger partial charge in [-0.3, -0.25) is 9.36 Å². The van der Waals surface area contributed by atoms with Gasteiger partial charge in [0, 0.05) is 20.6 Å². The first-order valence-corrected chi connectivity index (χ1v) is 11.1. The van der Waals surface area contributed by atoms with Gasteiger partial charge in [-0.2, -0.15) is 0 Å². The van der Waals surface area contributed by atoms with Crippen LogP contribution in [0.3, 0.4) is 0 Å². The third kappa shape index (κ3) is 6.69. The van der Waals surface area contributed by atoms with E-state index < -0.39 is 7.60 Å². The van der Waals surface area contributed by atoms with E-state index in [1.807, 2.05) is 6.07 Å². The summed E-state index contributed by atoms with van der Waals surface area (Å²) in [6, 6.07) is 10.4. The van der Waals surface area contributed by atoms with Crippen LogP contribution in [-0.2, 0) is 24.8 Å². The third-order valence-corrected chi connectivity index (χ3v) is 7.23. The molecule has 0 saturated heterocycles. The fourth-order valence-corrected chi connectivity index (χ4v) is 4.85. The van der Waals surface area contributed by atoms with Gasteiger partial charge in [-0.05, 0) is 30.2 Å². The minimum atomic E-state index is -3.26. The molecule has 0 radical (unpaired) electrons. The van der Waals surface area contributed by atoms with E-state index >= 15 is 0 Å². The fourth-order valence-electron chi connectivity index (χ4n) is 3.88. The van der Waals surface area contributed by atoms with E-state index in [-0.39, 0.29) is 11.9 Å². The van der Waals surface area contributed by atoms with Crippen LogP contribution < -0.4 is 0 Å². The second-order valence-corrected chi connectivity index (χ2v) is 9.33. The number of hydrogen-bond donors (Lipinski definition) is 0. The summed E-state index contributed by atoms with van der Waals surface area (Å²) >= 11 is 0. The molecule has 1 fully saturated rings. The Bertz CT molecular complexity index is 558. The van der Waals surface area contributed by atoms with Crippen LogP contribution in [0, 0.1) is 11.8 Å². The van der Waals surface area contributed by atoms with Crippen molar-refractivity contribution in [3.05, 3.63) is 35.9 Å². The summed E-state index contributed by atoms with van der Waals surface area (Å²) in [5.74, 6) is 0.955. The molecule has 0 spiro atoms. The summed E-state index contributed by atoms with van der Waals surface area (Å²) in [7, 11) is -0.582. The van der Waals surface area contributed by atoms with Crippen LogP contribution in [-0.4, -0.2) is 26.2 Å². The minimum Gasteiger partial charge on any atom is -0.312 e. The van der Waals surface area contributed by atoms with Crippen LogP contribution in [0.2, 0.25) is 0 Å². The van der Waals surface area contributed by atoms with Gasteiger partial charge in [0.05, 0.1) is 0 Å². The zero-order valence-corrected chi connectivity index (χ0v) is 16.4. The van der Waals surface area contributed by atoms with E-state index in [4.69, 9.17) is 9.05 Å². The van der Waals surface area contributed by atoms with Gasteiger partial charge in [0.1, 0.15) is 11.9 Å². The second-order valence-electron chi connectivity index (χ2n) is 7.06. The van der Waals surface area contributed by atoms with Crippen molar-refractivity contribution in [2.75, 3.05) is 20.4 Å². The van der Waals surface area contributed by atoms with Crippen LogP contribution in [0.5, 0.6) is 0 Å². The molecule has 25 heavy (non-hydrogen) atoms. The first kappa shape index (κ1) is 20.4. The Morgan fingerprint density at radius 3 is 2.36 bits per heavy atom. The SMILES string of the molecule is COP(=O)(CC(=O)C[C@H](CCc1ccccc1)C1CCCCC1)OC. The van der Waals surface area contributed by atoms with Crippen LogP contribution in [0.4, 0.5) is 0 Å². The molecule has 2 rings (SSSR count). The molecule has 1 saturated carbocycles. The zero-order chi connectivity index (χ0) is 18.1. The second kappa shape index (κ2) is 10.3. The Hall–Kier alpha value is -0.960. The van der Waals surface area contributed by atoms with E-state index in [0.717, 1.165) is 12.8 Å². The van der Waals surface area contributed by atoms with Gasteiger partial charge >= 0.3 is 7.60 Å². The fraction of sp³-hybridized carbons (Fsp3) is 0.650. The molecule has 5 heteroatoms. The highest BCUT2D eigenvalue weighted by atomic mass is 31.2. The van der Waals surface area contributed by atoms with E-state index in [1.165, 1.54) is 51.9 Å². The van der Waals surface area contributed by atoms with Gasteiger partial charge in [-0.25, -0.2) is 0 Å². The molecule has 140 valence electrons. The predicted molar refractivity (Wildman–Crippen MR) is 101 cm³/mol. The Morgan fingerprint density at radius 1 is 1.12 bits per heavy atom. The maximum Gasteiger partial charge on any atom is 0.337 e. The monoisotopic (exact) mass is 366 g/mol. The Morgan fingerprint density at radius 2 is 1.76 bits per heavy atom. The standard InChI is InChI=1S/C20H31O4P/c1-23-25(22,24-2)16-20(21)15-19(18-11-7-4-8-12-18)14-13-17-9-5-3-6-10-17/h3,5-6,9-10,18-19H,4,7-8,11-16H2,1-2H3/t19-/m0/s1. The molecular formula is C20H31O4P. The third-order valence-electron chi connectivity index (χ3n) is 5.38. The van der Waals surface area contributed by atoms with E-state index in [9.17, 15) is 9.36 Å². The molecule has 1 aromatic rings. The zero-order valence-electron chi connectivity index (χ0n) is 15.5. The maximum absolute atomic E-state index is 12.5. The van der Waals surface area contributed by atoms with Gasteiger partial charge in [0.2, 0.25) is 0 Å². The minimum absolute atomic E-state index is 0.00401. The summed E-state index contributed by atoms with van der Waals surface area (Å²) in [5.41, 5.74) is 1.32. The molecule has 0 aromatic heterocycles. The summed E-state index contributed by atoms with van der Waals surface area (Å²) in [5, 5.41) is 0. The highest BCUT2D eigenvalue weighted by Crippen LogP contribution is 2.47. The van der Waals surface area contributed by atoms with E-state index in [2.05, 4.69) is 24.3 Å². The maximum atomic E-state index is 12.5. The Kier molecular flexibility index (Phi) is 8.35. The normalized spacial score (nSPS) is 17.4. The smallest absolute Gasteiger partial charge is 0.312 e. The topological polar surface area (TPSA) is 52.6 Å². The lowest BCUT2D eigenvalue weighted by Gasteiger charge is -2.30. The molecule has 1 aromatic carbocycles. The van der Waals surface area contributed by atoms with E-state index in [0.29, 0.717) is 18.3 Å². The van der Waals surface area contributed by atoms with E-state index in [1.54, 1.807) is 0 Å². The molecular weight excluding hydrogens is 335 g/mol. The Balaban J connectivity index is 1.98. The molecule has 1 atom stereocenters. The van der Waals surface area contributed by atoms with Crippen molar-refractivity contribution in [2.24, 2.45) is 11.8 Å². The van der Waals surface area contributed by atoms with Crippen molar-refractivity contribution in [3.63, 3.8) is 0 Å². The number of hydrogen-bond acceptors (Lipinski definition) is 4. The van der Waals surface area contributed by atoms with Crippen molar-refractivity contribution in [1.82, 2.24) is 0 Å². The van der Waals surface area contributed by atoms with Crippen LogP contribution in [0.25, 0.3) is 0 Å². The molecule has 0 unspecified atom stereocenters. The quantitative estimate of drug-likeness (QED) is 0.530. The summed E-state index contributed by atoms with van der Waals surface area (Å²) in [6.07, 6.45) is 8.59. The molecule has 4 nitrogen and oxygen atoms in total. The number of Topliss-reactive ketones (excluding diaryl/α,β-unsaturated/α-hetero) is 1. The van der Waals surface area contributed by atoms with Gasteiger partial charge in [0.15, 0.2) is 0 Å². The number of carbonyl (C=O) groups excluding carboxylic acids is 1. The lowest BCUT2D eigenvalue weighted by Crippen LogP contribution is -2.23. The molecule has 0 N–H and O–H groups in total. The molecule has 0 bridgehead atoms. The highest BCUT2D eigenvalue weighted by Gasteiger charge is 2.30. The summed E-state index contributed by atoms with van der Waals surface area (Å²) < 4.78 is 22.1. The van der Waals surface area contributed by atoms with Gasteiger partial charge in [0.25, 0.3) is 0 Å². The first-order valence-electron chi connectivity index (χ1n) is 9.32. The predicted octanol–water partition coefficient (Wildman–Crippen LogP) is 5.26. The van der Waals surface area contributed by atoms with Gasteiger partial charge in [-0.1, -0.05) is 62.4 Å². The lowest BCUT2D eigenvalue weighted by molar-refractivity contribution is -0.118. The van der Waals surface area contributed by atoms with Gasteiger partial charge < -0.3 is 9.05 Å². The average molecular weight is 366 g/mol. The molecule has 0 heterocycles. The van der Waals surface area contributed by atoms with Gasteiger partial charge in [-0.15, -0.1) is 0 Å². The van der Waals surface area contributed by atoms with Crippen molar-refractivity contribution < 1.29 is 18.4 Å². The largest absolute Gasteiger partial charge is 0.337 e. The molecule has 1 aliphatic carbocycles. The number of carbonyl (C=O) groups is 1. The van der Waals surface area contributed by atoms with Crippen molar-refractivity contribution in [3.8, 4) is 0 Å². The highest BCUT2D eigenvalue weighted by molar-refractivity contribution is 7.54. The first-order chi connectivity index (χ1) is 12.1. The van der Waals surface area contributed by atoms with Crippen LogP contribution >= 0.6 is 7.60 Å². The number of rotatable bonds is 10. The van der Waals surface area contributed by atoms with Crippen molar-refractivity contribution in [2.45, 2.75) is 51.4 Å². The summed E-state index contributed by atoms with van der Waals surface area (Å²) in [6.45, 7) is 0. The molecule has 0 amide bonds. The Labute approximate surface area is 151 Å². The average Bonchev–Trinajstić information content (AvgIpc) is 2.66. The van der Waals surface area contributed by atoms with Crippen molar-refractivity contribution in [1.29, 1.82) is 0 Å². The molecule has 0 aliphatic heterocycles. The molecule has 1 aliphatic rings. The van der Waals surface area contributed by atoms with Crippen LogP contribution in [0.1, 0.15) is 50.5 Å².